The van der Waals surface area contributed by atoms with Gasteiger partial charge in [0.25, 0.3) is 0 Å². The van der Waals surface area contributed by atoms with Gasteiger partial charge in [-0.3, -0.25) is 9.19 Å². The smallest absolute Gasteiger partial charge is 0.0605 e. The van der Waals surface area contributed by atoms with Crippen molar-refractivity contribution >= 4 is 10.8 Å². The lowest BCUT2D eigenvalue weighted by Crippen LogP contribution is -2.20. The number of pyridine rings is 1. The molecule has 1 aromatic rings. The zero-order valence-electron chi connectivity index (χ0n) is 11.9. The summed E-state index contributed by atoms with van der Waals surface area (Å²) in [5.41, 5.74) is 2.20. The fourth-order valence-corrected chi connectivity index (χ4v) is 2.54. The third-order valence-electron chi connectivity index (χ3n) is 2.75. The van der Waals surface area contributed by atoms with Gasteiger partial charge in [0.1, 0.15) is 0 Å². The molecule has 0 amide bonds. The lowest BCUT2D eigenvalue weighted by atomic mass is 9.83. The molecule has 0 aliphatic heterocycles. The van der Waals surface area contributed by atoms with Crippen molar-refractivity contribution < 1.29 is 4.21 Å². The number of nitrogens with zero attached hydrogens (tertiary/aromatic N) is 1. The highest BCUT2D eigenvalue weighted by molar-refractivity contribution is 7.84. The number of hydrogen-bond acceptors (Lipinski definition) is 2. The highest BCUT2D eigenvalue weighted by atomic mass is 32.2. The number of aromatic nitrogens is 1. The van der Waals surface area contributed by atoms with Crippen LogP contribution in [0.3, 0.4) is 0 Å². The fourth-order valence-electron chi connectivity index (χ4n) is 1.67. The molecular weight excluding hydrogens is 230 g/mol. The van der Waals surface area contributed by atoms with Gasteiger partial charge in [0.15, 0.2) is 0 Å². The molecule has 1 rings (SSSR count). The molecule has 0 bridgehead atoms. The summed E-state index contributed by atoms with van der Waals surface area (Å²) < 4.78 is 11.7. The second kappa shape index (κ2) is 4.52. The first-order valence-electron chi connectivity index (χ1n) is 5.88. The van der Waals surface area contributed by atoms with E-state index in [4.69, 9.17) is 0 Å². The van der Waals surface area contributed by atoms with Crippen LogP contribution >= 0.6 is 0 Å². The van der Waals surface area contributed by atoms with Gasteiger partial charge in [-0.05, 0) is 17.0 Å². The van der Waals surface area contributed by atoms with Crippen LogP contribution in [0.5, 0.6) is 0 Å². The minimum atomic E-state index is -0.985. The van der Waals surface area contributed by atoms with E-state index in [1.165, 1.54) is 0 Å². The number of hydrogen-bond donors (Lipinski definition) is 0. The molecule has 0 aliphatic carbocycles. The first-order valence-corrected chi connectivity index (χ1v) is 7.43. The molecule has 0 spiro atoms. The Bertz CT molecular complexity index is 439. The van der Waals surface area contributed by atoms with Crippen LogP contribution in [0.4, 0.5) is 0 Å². The summed E-state index contributed by atoms with van der Waals surface area (Å²) in [4.78, 5) is 5.30. The summed E-state index contributed by atoms with van der Waals surface area (Å²) in [5.74, 6) is 0. The van der Waals surface area contributed by atoms with E-state index in [1.54, 1.807) is 12.5 Å². The molecule has 1 unspecified atom stereocenters. The lowest BCUT2D eigenvalue weighted by Gasteiger charge is -2.25. The summed E-state index contributed by atoms with van der Waals surface area (Å²) >= 11 is 0. The van der Waals surface area contributed by atoms with Gasteiger partial charge < -0.3 is 0 Å². The lowest BCUT2D eigenvalue weighted by molar-refractivity contribution is 0.543. The first-order chi connectivity index (χ1) is 7.53. The van der Waals surface area contributed by atoms with E-state index >= 15 is 0 Å². The maximum Gasteiger partial charge on any atom is 0.0605 e. The topological polar surface area (TPSA) is 30.0 Å². The Morgan fingerprint density at radius 3 is 1.94 bits per heavy atom. The Morgan fingerprint density at radius 2 is 1.59 bits per heavy atom. The minimum absolute atomic E-state index is 0.00998. The van der Waals surface area contributed by atoms with Crippen molar-refractivity contribution in [1.82, 2.24) is 4.98 Å². The van der Waals surface area contributed by atoms with Crippen LogP contribution in [0.1, 0.15) is 52.8 Å². The molecule has 1 heterocycles. The van der Waals surface area contributed by atoms with Crippen LogP contribution in [0.25, 0.3) is 0 Å². The standard InChI is InChI=1S/C14H23NOS/c1-13(2,3)10-8-12(14(4,5)6)15-9-11(10)17(7)16/h8-9H,1-7H3. The Balaban J connectivity index is 3.46. The highest BCUT2D eigenvalue weighted by Gasteiger charge is 2.24. The summed E-state index contributed by atoms with van der Waals surface area (Å²) in [5, 5.41) is 0. The van der Waals surface area contributed by atoms with Crippen LogP contribution in [-0.4, -0.2) is 15.4 Å². The number of rotatable bonds is 1. The van der Waals surface area contributed by atoms with Gasteiger partial charge in [-0.2, -0.15) is 0 Å². The van der Waals surface area contributed by atoms with Crippen molar-refractivity contribution in [2.24, 2.45) is 0 Å². The quantitative estimate of drug-likeness (QED) is 0.767. The van der Waals surface area contributed by atoms with E-state index < -0.39 is 10.8 Å². The maximum absolute atomic E-state index is 11.7. The molecule has 96 valence electrons. The van der Waals surface area contributed by atoms with Crippen LogP contribution < -0.4 is 0 Å². The van der Waals surface area contributed by atoms with E-state index in [-0.39, 0.29) is 10.8 Å². The van der Waals surface area contributed by atoms with Crippen LogP contribution in [0, 0.1) is 0 Å². The molecule has 0 saturated carbocycles. The van der Waals surface area contributed by atoms with Gasteiger partial charge in [0.05, 0.1) is 15.7 Å². The van der Waals surface area contributed by atoms with Crippen molar-refractivity contribution in [2.45, 2.75) is 57.3 Å². The predicted molar refractivity (Wildman–Crippen MR) is 74.0 cm³/mol. The summed E-state index contributed by atoms with van der Waals surface area (Å²) in [6.07, 6.45) is 3.49. The molecule has 0 fully saturated rings. The maximum atomic E-state index is 11.7. The van der Waals surface area contributed by atoms with E-state index in [9.17, 15) is 4.21 Å². The molecule has 3 heteroatoms. The summed E-state index contributed by atoms with van der Waals surface area (Å²) in [6.45, 7) is 12.9. The van der Waals surface area contributed by atoms with E-state index in [0.29, 0.717) is 0 Å². The van der Waals surface area contributed by atoms with Gasteiger partial charge in [-0.1, -0.05) is 41.5 Å². The molecule has 0 saturated heterocycles. The second-order valence-corrected chi connectivity index (χ2v) is 7.87. The Kier molecular flexibility index (Phi) is 3.82. The fraction of sp³-hybridized carbons (Fsp3) is 0.643. The predicted octanol–water partition coefficient (Wildman–Crippen LogP) is 3.41. The summed E-state index contributed by atoms with van der Waals surface area (Å²) in [7, 11) is -0.985. The SMILES string of the molecule is CS(=O)c1cnc(C(C)(C)C)cc1C(C)(C)C. The average molecular weight is 253 g/mol. The third kappa shape index (κ3) is 3.38. The molecule has 17 heavy (non-hydrogen) atoms. The van der Waals surface area contributed by atoms with Gasteiger partial charge in [0.2, 0.25) is 0 Å². The molecule has 0 radical (unpaired) electrons. The van der Waals surface area contributed by atoms with Gasteiger partial charge in [-0.15, -0.1) is 0 Å². The molecule has 2 nitrogen and oxygen atoms in total. The Morgan fingerprint density at radius 1 is 1.06 bits per heavy atom. The van der Waals surface area contributed by atoms with Crippen LogP contribution in [0.15, 0.2) is 17.2 Å². The monoisotopic (exact) mass is 253 g/mol. The molecule has 0 aliphatic rings. The average Bonchev–Trinajstić information content (AvgIpc) is 2.14. The normalized spacial score (nSPS) is 14.8. The Hall–Kier alpha value is -0.700. The summed E-state index contributed by atoms with van der Waals surface area (Å²) in [6, 6.07) is 2.11. The van der Waals surface area contributed by atoms with Crippen molar-refractivity contribution in [3.8, 4) is 0 Å². The van der Waals surface area contributed by atoms with E-state index in [2.05, 4.69) is 52.6 Å². The molecule has 0 N–H and O–H groups in total. The molecule has 0 aromatic carbocycles. The molecule has 1 aromatic heterocycles. The van der Waals surface area contributed by atoms with Gasteiger partial charge >= 0.3 is 0 Å². The van der Waals surface area contributed by atoms with Crippen molar-refractivity contribution in [3.05, 3.63) is 23.5 Å². The molecule has 1 atom stereocenters. The highest BCUT2D eigenvalue weighted by Crippen LogP contribution is 2.31. The zero-order chi connectivity index (χ0) is 13.4. The minimum Gasteiger partial charge on any atom is -0.259 e. The van der Waals surface area contributed by atoms with Gasteiger partial charge in [0, 0.05) is 23.6 Å². The van der Waals surface area contributed by atoms with Crippen molar-refractivity contribution in [3.63, 3.8) is 0 Å². The third-order valence-corrected chi connectivity index (χ3v) is 3.70. The van der Waals surface area contributed by atoms with Gasteiger partial charge in [-0.25, -0.2) is 0 Å². The second-order valence-electron chi connectivity index (χ2n) is 6.52. The zero-order valence-corrected chi connectivity index (χ0v) is 12.7. The van der Waals surface area contributed by atoms with Crippen molar-refractivity contribution in [1.29, 1.82) is 0 Å². The van der Waals surface area contributed by atoms with Crippen LogP contribution in [-0.2, 0) is 21.6 Å². The van der Waals surface area contributed by atoms with Crippen molar-refractivity contribution in [2.75, 3.05) is 6.26 Å². The van der Waals surface area contributed by atoms with E-state index in [1.807, 2.05) is 0 Å². The Labute approximate surface area is 107 Å². The van der Waals surface area contributed by atoms with E-state index in [0.717, 1.165) is 16.2 Å². The van der Waals surface area contributed by atoms with Crippen LogP contribution in [0.2, 0.25) is 0 Å². The molecular formula is C14H23NOS. The largest absolute Gasteiger partial charge is 0.259 e. The first kappa shape index (κ1) is 14.4.